The summed E-state index contributed by atoms with van der Waals surface area (Å²) in [5.74, 6) is -0.689. The number of ketones is 1. The van der Waals surface area contributed by atoms with Crippen molar-refractivity contribution in [3.05, 3.63) is 12.2 Å². The summed E-state index contributed by atoms with van der Waals surface area (Å²) in [6.45, 7) is 0. The van der Waals surface area contributed by atoms with Gasteiger partial charge in [0.25, 0.3) is 0 Å². The second-order valence-corrected chi connectivity index (χ2v) is 4.65. The minimum atomic E-state index is -0.307. The summed E-state index contributed by atoms with van der Waals surface area (Å²) in [5.41, 5.74) is 0. The molecule has 0 N–H and O–H groups in total. The van der Waals surface area contributed by atoms with Crippen LogP contribution in [0.15, 0.2) is 12.2 Å². The number of rotatable bonds is 5. The smallest absolute Gasteiger partial charge is 0.309 e. The van der Waals surface area contributed by atoms with Crippen molar-refractivity contribution in [3.8, 4) is 0 Å². The molecule has 0 saturated heterocycles. The number of ether oxygens (including phenoxy) is 2. The molecule has 1 saturated carbocycles. The highest BCUT2D eigenvalue weighted by Crippen LogP contribution is 2.29. The summed E-state index contributed by atoms with van der Waals surface area (Å²) in [5, 5.41) is 0. The molecule has 2 atom stereocenters. The number of carbonyl (C=O) groups is 3. The molecule has 0 spiro atoms. The highest BCUT2D eigenvalue weighted by Gasteiger charge is 2.32. The number of Topliss-reactive ketones (excluding diaryl/α,β-unsaturated/α-hetero) is 1. The first-order valence-electron chi connectivity index (χ1n) is 6.40. The van der Waals surface area contributed by atoms with Crippen molar-refractivity contribution in [3.63, 3.8) is 0 Å². The molecule has 0 heterocycles. The van der Waals surface area contributed by atoms with Crippen molar-refractivity contribution < 1.29 is 23.9 Å². The Hall–Kier alpha value is -1.65. The quantitative estimate of drug-likeness (QED) is 0.560. The SMILES string of the molecule is COC(=O)C/C=C/C[C@H]1C[C@H](C(=O)OC)CCC1=O. The van der Waals surface area contributed by atoms with Gasteiger partial charge in [0.15, 0.2) is 0 Å². The standard InChI is InChI=1S/C14H20O5/c1-18-13(16)6-4-3-5-10-9-11(14(17)19-2)7-8-12(10)15/h3-4,10-11H,5-9H2,1-2H3/b4-3+/t10-,11+/m0/s1. The van der Waals surface area contributed by atoms with Crippen LogP contribution in [-0.4, -0.2) is 31.9 Å². The highest BCUT2D eigenvalue weighted by molar-refractivity contribution is 5.84. The van der Waals surface area contributed by atoms with E-state index in [1.165, 1.54) is 14.2 Å². The lowest BCUT2D eigenvalue weighted by molar-refractivity contribution is -0.148. The number of esters is 2. The second-order valence-electron chi connectivity index (χ2n) is 4.65. The van der Waals surface area contributed by atoms with Gasteiger partial charge in [-0.05, 0) is 19.3 Å². The van der Waals surface area contributed by atoms with E-state index in [0.29, 0.717) is 25.7 Å². The monoisotopic (exact) mass is 268 g/mol. The molecular formula is C14H20O5. The zero-order valence-electron chi connectivity index (χ0n) is 11.4. The average Bonchev–Trinajstić information content (AvgIpc) is 2.44. The van der Waals surface area contributed by atoms with Crippen LogP contribution in [0.2, 0.25) is 0 Å². The van der Waals surface area contributed by atoms with Crippen LogP contribution in [0.25, 0.3) is 0 Å². The van der Waals surface area contributed by atoms with E-state index in [-0.39, 0.29) is 36.0 Å². The third-order valence-electron chi connectivity index (χ3n) is 3.40. The van der Waals surface area contributed by atoms with Crippen LogP contribution < -0.4 is 0 Å². The molecule has 1 fully saturated rings. The third-order valence-corrected chi connectivity index (χ3v) is 3.40. The Morgan fingerprint density at radius 3 is 2.63 bits per heavy atom. The van der Waals surface area contributed by atoms with E-state index in [0.717, 1.165) is 0 Å². The molecule has 0 radical (unpaired) electrons. The van der Waals surface area contributed by atoms with Gasteiger partial charge in [0, 0.05) is 12.3 Å². The van der Waals surface area contributed by atoms with E-state index in [1.54, 1.807) is 12.2 Å². The summed E-state index contributed by atoms with van der Waals surface area (Å²) >= 11 is 0. The molecule has 0 amide bonds. The minimum Gasteiger partial charge on any atom is -0.469 e. The van der Waals surface area contributed by atoms with Gasteiger partial charge >= 0.3 is 11.9 Å². The van der Waals surface area contributed by atoms with Crippen molar-refractivity contribution in [1.29, 1.82) is 0 Å². The Kier molecular flexibility index (Phi) is 6.25. The molecule has 106 valence electrons. The normalized spacial score (nSPS) is 23.4. The Labute approximate surface area is 112 Å². The molecular weight excluding hydrogens is 248 g/mol. The van der Waals surface area contributed by atoms with E-state index < -0.39 is 0 Å². The van der Waals surface area contributed by atoms with E-state index in [4.69, 9.17) is 4.74 Å². The van der Waals surface area contributed by atoms with Gasteiger partial charge in [-0.3, -0.25) is 14.4 Å². The lowest BCUT2D eigenvalue weighted by atomic mass is 9.79. The van der Waals surface area contributed by atoms with Crippen LogP contribution in [-0.2, 0) is 23.9 Å². The molecule has 1 aliphatic carbocycles. The van der Waals surface area contributed by atoms with Gasteiger partial charge in [0.2, 0.25) is 0 Å². The van der Waals surface area contributed by atoms with Crippen molar-refractivity contribution in [2.24, 2.45) is 11.8 Å². The minimum absolute atomic E-state index is 0.147. The average molecular weight is 268 g/mol. The van der Waals surface area contributed by atoms with Crippen LogP contribution >= 0.6 is 0 Å². The molecule has 0 aromatic carbocycles. The van der Waals surface area contributed by atoms with E-state index in [9.17, 15) is 14.4 Å². The van der Waals surface area contributed by atoms with Gasteiger partial charge in [-0.15, -0.1) is 0 Å². The number of allylic oxidation sites excluding steroid dienone is 1. The molecule has 5 heteroatoms. The molecule has 0 aromatic heterocycles. The van der Waals surface area contributed by atoms with Gasteiger partial charge in [-0.1, -0.05) is 12.2 Å². The number of carbonyl (C=O) groups excluding carboxylic acids is 3. The highest BCUT2D eigenvalue weighted by atomic mass is 16.5. The summed E-state index contributed by atoms with van der Waals surface area (Å²) in [6, 6.07) is 0. The van der Waals surface area contributed by atoms with Crippen LogP contribution in [0.4, 0.5) is 0 Å². The second kappa shape index (κ2) is 7.71. The Bertz CT molecular complexity index is 372. The van der Waals surface area contributed by atoms with Crippen molar-refractivity contribution in [1.82, 2.24) is 0 Å². The van der Waals surface area contributed by atoms with Crippen molar-refractivity contribution >= 4 is 17.7 Å². The van der Waals surface area contributed by atoms with Crippen LogP contribution in [0, 0.1) is 11.8 Å². The summed E-state index contributed by atoms with van der Waals surface area (Å²) < 4.78 is 9.22. The van der Waals surface area contributed by atoms with Crippen molar-refractivity contribution in [2.45, 2.75) is 32.1 Å². The number of methoxy groups -OCH3 is 2. The fourth-order valence-electron chi connectivity index (χ4n) is 2.25. The zero-order chi connectivity index (χ0) is 14.3. The molecule has 1 aliphatic rings. The van der Waals surface area contributed by atoms with Gasteiger partial charge < -0.3 is 9.47 Å². The topological polar surface area (TPSA) is 69.7 Å². The van der Waals surface area contributed by atoms with Crippen LogP contribution in [0.3, 0.4) is 0 Å². The molecule has 0 unspecified atom stereocenters. The zero-order valence-corrected chi connectivity index (χ0v) is 11.4. The first-order valence-corrected chi connectivity index (χ1v) is 6.40. The van der Waals surface area contributed by atoms with Gasteiger partial charge in [0.05, 0.1) is 26.6 Å². The number of hydrogen-bond donors (Lipinski definition) is 0. The molecule has 5 nitrogen and oxygen atoms in total. The maximum Gasteiger partial charge on any atom is 0.309 e. The van der Waals surface area contributed by atoms with Gasteiger partial charge in [-0.25, -0.2) is 0 Å². The third kappa shape index (κ3) is 4.85. The van der Waals surface area contributed by atoms with E-state index in [2.05, 4.69) is 4.74 Å². The van der Waals surface area contributed by atoms with Gasteiger partial charge in [-0.2, -0.15) is 0 Å². The number of hydrogen-bond acceptors (Lipinski definition) is 5. The summed E-state index contributed by atoms with van der Waals surface area (Å²) in [7, 11) is 2.70. The predicted molar refractivity (Wildman–Crippen MR) is 68.2 cm³/mol. The summed E-state index contributed by atoms with van der Waals surface area (Å²) in [6.07, 6.45) is 5.80. The Morgan fingerprint density at radius 1 is 1.26 bits per heavy atom. The Morgan fingerprint density at radius 2 is 2.00 bits per heavy atom. The molecule has 0 aromatic rings. The molecule has 1 rings (SSSR count). The predicted octanol–water partition coefficient (Wildman–Crippen LogP) is 1.65. The molecule has 0 bridgehead atoms. The molecule has 19 heavy (non-hydrogen) atoms. The Balaban J connectivity index is 2.44. The largest absolute Gasteiger partial charge is 0.469 e. The lowest BCUT2D eigenvalue weighted by Crippen LogP contribution is -2.29. The maximum absolute atomic E-state index is 11.8. The maximum atomic E-state index is 11.8. The first kappa shape index (κ1) is 15.4. The first-order chi connectivity index (χ1) is 9.08. The molecule has 0 aliphatic heterocycles. The fourth-order valence-corrected chi connectivity index (χ4v) is 2.25. The van der Waals surface area contributed by atoms with Gasteiger partial charge in [0.1, 0.15) is 5.78 Å². The summed E-state index contributed by atoms with van der Waals surface area (Å²) in [4.78, 5) is 34.1. The van der Waals surface area contributed by atoms with E-state index >= 15 is 0 Å². The van der Waals surface area contributed by atoms with Crippen molar-refractivity contribution in [2.75, 3.05) is 14.2 Å². The lowest BCUT2D eigenvalue weighted by Gasteiger charge is -2.25. The van der Waals surface area contributed by atoms with Crippen LogP contribution in [0.1, 0.15) is 32.1 Å². The van der Waals surface area contributed by atoms with Crippen LogP contribution in [0.5, 0.6) is 0 Å². The fraction of sp³-hybridized carbons (Fsp3) is 0.643. The van der Waals surface area contributed by atoms with E-state index in [1.807, 2.05) is 0 Å².